The van der Waals surface area contributed by atoms with E-state index in [1.807, 2.05) is 0 Å². The lowest BCUT2D eigenvalue weighted by Crippen LogP contribution is -2.60. The van der Waals surface area contributed by atoms with E-state index >= 15 is 0 Å². The predicted molar refractivity (Wildman–Crippen MR) is 77.3 cm³/mol. The number of ether oxygens (including phenoxy) is 3. The quantitative estimate of drug-likeness (QED) is 0.700. The molecule has 2 bridgehead atoms. The molecule has 128 valence electrons. The van der Waals surface area contributed by atoms with Gasteiger partial charge in [-0.25, -0.2) is 4.79 Å². The van der Waals surface area contributed by atoms with Crippen molar-refractivity contribution < 1.29 is 34.0 Å². The van der Waals surface area contributed by atoms with Crippen molar-refractivity contribution >= 4 is 11.8 Å². The molecule has 2 saturated heterocycles. The zero-order chi connectivity index (χ0) is 17.0. The van der Waals surface area contributed by atoms with Crippen LogP contribution in [0.25, 0.3) is 0 Å². The van der Waals surface area contributed by atoms with Gasteiger partial charge < -0.3 is 24.4 Å². The highest BCUT2D eigenvalue weighted by atomic mass is 16.7. The van der Waals surface area contributed by atoms with E-state index < -0.39 is 29.1 Å². The second-order valence-corrected chi connectivity index (χ2v) is 7.12. The molecular formula is C16H22O7. The smallest absolute Gasteiger partial charge is 0.339 e. The molecule has 0 amide bonds. The summed E-state index contributed by atoms with van der Waals surface area (Å²) < 4.78 is 16.4. The van der Waals surface area contributed by atoms with E-state index in [9.17, 15) is 19.8 Å². The molecule has 0 radical (unpaired) electrons. The van der Waals surface area contributed by atoms with Gasteiger partial charge >= 0.3 is 5.97 Å². The highest BCUT2D eigenvalue weighted by Gasteiger charge is 2.63. The van der Waals surface area contributed by atoms with E-state index in [0.29, 0.717) is 0 Å². The van der Waals surface area contributed by atoms with Crippen molar-refractivity contribution in [1.82, 2.24) is 0 Å². The maximum absolute atomic E-state index is 12.5. The molecule has 3 aliphatic heterocycles. The fourth-order valence-corrected chi connectivity index (χ4v) is 3.87. The molecule has 2 N–H and O–H groups in total. The minimum atomic E-state index is -1.61. The number of hydrogen-bond acceptors (Lipinski definition) is 7. The number of fused-ring (bicyclic) bond motifs is 1. The van der Waals surface area contributed by atoms with E-state index in [0.717, 1.165) is 0 Å². The molecule has 0 aromatic heterocycles. The maximum Gasteiger partial charge on any atom is 0.339 e. The SMILES string of the molecule is COCC1=C2[C@@H](O)C[C@@]3(C)O[C@@]2(C[C@](C)(O)CCC3=O)OC1=O. The zero-order valence-corrected chi connectivity index (χ0v) is 13.5. The number of Topliss-reactive ketones (excluding diaryl/α,β-unsaturated/α-hetero) is 1. The van der Waals surface area contributed by atoms with Crippen LogP contribution in [0.5, 0.6) is 0 Å². The topological polar surface area (TPSA) is 102 Å². The second kappa shape index (κ2) is 5.11. The van der Waals surface area contributed by atoms with Crippen LogP contribution in [0.3, 0.4) is 0 Å². The summed E-state index contributed by atoms with van der Waals surface area (Å²) >= 11 is 0. The molecule has 0 unspecified atom stereocenters. The first-order valence-electron chi connectivity index (χ1n) is 7.72. The van der Waals surface area contributed by atoms with Crippen LogP contribution >= 0.6 is 0 Å². The van der Waals surface area contributed by atoms with Crippen molar-refractivity contribution in [1.29, 1.82) is 0 Å². The lowest BCUT2D eigenvalue weighted by molar-refractivity contribution is -0.283. The van der Waals surface area contributed by atoms with Crippen LogP contribution in [0.1, 0.15) is 39.5 Å². The maximum atomic E-state index is 12.5. The summed E-state index contributed by atoms with van der Waals surface area (Å²) in [6, 6.07) is 0. The number of methoxy groups -OCH3 is 1. The Hall–Kier alpha value is -1.28. The molecular weight excluding hydrogens is 304 g/mol. The second-order valence-electron chi connectivity index (χ2n) is 7.12. The third-order valence-electron chi connectivity index (χ3n) is 4.93. The van der Waals surface area contributed by atoms with Crippen molar-refractivity contribution in [2.24, 2.45) is 0 Å². The lowest BCUT2D eigenvalue weighted by atomic mass is 9.74. The van der Waals surface area contributed by atoms with Crippen molar-refractivity contribution in [3.8, 4) is 0 Å². The van der Waals surface area contributed by atoms with Gasteiger partial charge in [-0.1, -0.05) is 0 Å². The van der Waals surface area contributed by atoms with Gasteiger partial charge in [0.25, 0.3) is 0 Å². The molecule has 0 aromatic carbocycles. The van der Waals surface area contributed by atoms with Gasteiger partial charge in [-0.15, -0.1) is 0 Å². The van der Waals surface area contributed by atoms with E-state index in [1.165, 1.54) is 7.11 Å². The van der Waals surface area contributed by atoms with Crippen molar-refractivity contribution in [3.05, 3.63) is 11.1 Å². The van der Waals surface area contributed by atoms with Crippen LogP contribution in [0.2, 0.25) is 0 Å². The van der Waals surface area contributed by atoms with E-state index in [1.54, 1.807) is 13.8 Å². The van der Waals surface area contributed by atoms with E-state index in [2.05, 4.69) is 0 Å². The molecule has 23 heavy (non-hydrogen) atoms. The number of rotatable bonds is 2. The van der Waals surface area contributed by atoms with Gasteiger partial charge in [-0.05, 0) is 20.3 Å². The minimum Gasteiger partial charge on any atom is -0.425 e. The third-order valence-corrected chi connectivity index (χ3v) is 4.93. The summed E-state index contributed by atoms with van der Waals surface area (Å²) in [5, 5.41) is 21.2. The number of carbonyl (C=O) groups is 2. The van der Waals surface area contributed by atoms with Gasteiger partial charge in [0.05, 0.1) is 23.9 Å². The van der Waals surface area contributed by atoms with Gasteiger partial charge in [0.15, 0.2) is 5.78 Å². The Balaban J connectivity index is 2.15. The van der Waals surface area contributed by atoms with Gasteiger partial charge in [-0.3, -0.25) is 4.79 Å². The monoisotopic (exact) mass is 326 g/mol. The summed E-state index contributed by atoms with van der Waals surface area (Å²) in [6.45, 7) is 3.14. The molecule has 1 spiro atoms. The molecule has 3 heterocycles. The molecule has 0 saturated carbocycles. The fourth-order valence-electron chi connectivity index (χ4n) is 3.87. The standard InChI is InChI=1S/C16H22O7/c1-14(20)5-4-11(18)15(2)6-10(17)12-9(7-21-3)13(19)22-16(12,8-14)23-15/h10,17,20H,4-8H2,1-3H3/t10-,14+,15+,16+/m0/s1. The Bertz CT molecular complexity index is 593. The van der Waals surface area contributed by atoms with Crippen LogP contribution in [-0.4, -0.2) is 58.8 Å². The highest BCUT2D eigenvalue weighted by molar-refractivity contribution is 5.94. The molecule has 0 aromatic rings. The summed E-state index contributed by atoms with van der Waals surface area (Å²) in [5.41, 5.74) is -2.03. The molecule has 4 atom stereocenters. The van der Waals surface area contributed by atoms with E-state index in [4.69, 9.17) is 14.2 Å². The summed E-state index contributed by atoms with van der Waals surface area (Å²) in [4.78, 5) is 24.7. The molecule has 3 aliphatic rings. The molecule has 7 heteroatoms. The average molecular weight is 326 g/mol. The minimum absolute atomic E-state index is 0.0247. The Morgan fingerprint density at radius 3 is 2.70 bits per heavy atom. The van der Waals surface area contributed by atoms with Crippen LogP contribution in [0.15, 0.2) is 11.1 Å². The van der Waals surface area contributed by atoms with E-state index in [-0.39, 0.29) is 49.2 Å². The normalized spacial score (nSPS) is 43.8. The molecule has 3 rings (SSSR count). The number of hydrogen-bond donors (Lipinski definition) is 2. The molecule has 7 nitrogen and oxygen atoms in total. The Labute approximate surface area is 134 Å². The third kappa shape index (κ3) is 2.52. The number of esters is 1. The zero-order valence-electron chi connectivity index (χ0n) is 13.5. The van der Waals surface area contributed by atoms with Gasteiger partial charge in [-0.2, -0.15) is 0 Å². The van der Waals surface area contributed by atoms with Crippen molar-refractivity contribution in [2.75, 3.05) is 13.7 Å². The summed E-state index contributed by atoms with van der Waals surface area (Å²) in [6.07, 6.45) is -0.663. The van der Waals surface area contributed by atoms with Crippen LogP contribution in [0.4, 0.5) is 0 Å². The average Bonchev–Trinajstić information content (AvgIpc) is 2.67. The first-order valence-corrected chi connectivity index (χ1v) is 7.72. The van der Waals surface area contributed by atoms with Gasteiger partial charge in [0.1, 0.15) is 5.60 Å². The number of ketones is 1. The van der Waals surface area contributed by atoms with Crippen LogP contribution in [0, 0.1) is 0 Å². The molecule has 2 fully saturated rings. The number of aliphatic hydroxyl groups is 2. The van der Waals surface area contributed by atoms with Crippen molar-refractivity contribution in [2.45, 2.75) is 62.6 Å². The largest absolute Gasteiger partial charge is 0.425 e. The summed E-state index contributed by atoms with van der Waals surface area (Å²) in [7, 11) is 1.43. The highest BCUT2D eigenvalue weighted by Crippen LogP contribution is 2.51. The summed E-state index contributed by atoms with van der Waals surface area (Å²) in [5.74, 6) is -2.48. The van der Waals surface area contributed by atoms with Crippen LogP contribution in [-0.2, 0) is 23.8 Å². The van der Waals surface area contributed by atoms with Gasteiger partial charge in [0, 0.05) is 31.9 Å². The number of carbonyl (C=O) groups excluding carboxylic acids is 2. The lowest BCUT2D eigenvalue weighted by Gasteiger charge is -2.49. The number of aliphatic hydroxyl groups excluding tert-OH is 1. The predicted octanol–water partition coefficient (Wildman–Crippen LogP) is 0.226. The molecule has 0 aliphatic carbocycles. The Morgan fingerprint density at radius 2 is 2.04 bits per heavy atom. The van der Waals surface area contributed by atoms with Gasteiger partial charge in [0.2, 0.25) is 5.79 Å². The fraction of sp³-hybridized carbons (Fsp3) is 0.750. The van der Waals surface area contributed by atoms with Crippen LogP contribution < -0.4 is 0 Å². The Kier molecular flexibility index (Phi) is 3.68. The van der Waals surface area contributed by atoms with Crippen molar-refractivity contribution in [3.63, 3.8) is 0 Å². The first-order chi connectivity index (χ1) is 10.6. The Morgan fingerprint density at radius 1 is 1.35 bits per heavy atom. The first kappa shape index (κ1) is 16.6.